The first-order valence-electron chi connectivity index (χ1n) is 9.08. The molecule has 29 heavy (non-hydrogen) atoms. The van der Waals surface area contributed by atoms with E-state index in [-0.39, 0.29) is 18.0 Å². The molecule has 1 saturated heterocycles. The van der Waals surface area contributed by atoms with Crippen LogP contribution in [0.2, 0.25) is 0 Å². The van der Waals surface area contributed by atoms with Gasteiger partial charge >= 0.3 is 0 Å². The number of nitrogens with zero attached hydrogens (tertiary/aromatic N) is 6. The van der Waals surface area contributed by atoms with Crippen LogP contribution in [0.15, 0.2) is 48.2 Å². The molecular formula is C19H18N6O3S. The van der Waals surface area contributed by atoms with E-state index in [0.717, 1.165) is 16.3 Å². The van der Waals surface area contributed by atoms with E-state index in [0.29, 0.717) is 32.0 Å². The Morgan fingerprint density at radius 1 is 1.17 bits per heavy atom. The van der Waals surface area contributed by atoms with Crippen molar-refractivity contribution < 1.29 is 9.72 Å². The maximum absolute atomic E-state index is 12.6. The number of hydrogen-bond acceptors (Lipinski definition) is 8. The highest BCUT2D eigenvalue weighted by Gasteiger charge is 2.23. The zero-order valence-corrected chi connectivity index (χ0v) is 16.3. The molecule has 4 rings (SSSR count). The summed E-state index contributed by atoms with van der Waals surface area (Å²) < 4.78 is 0. The number of amides is 1. The molecule has 1 amide bonds. The summed E-state index contributed by atoms with van der Waals surface area (Å²) in [5.74, 6) is 0.729. The lowest BCUT2D eigenvalue weighted by Gasteiger charge is -2.35. The Hall–Kier alpha value is -3.40. The van der Waals surface area contributed by atoms with Crippen LogP contribution in [0.25, 0.3) is 10.6 Å². The van der Waals surface area contributed by atoms with Gasteiger partial charge in [-0.3, -0.25) is 19.9 Å². The van der Waals surface area contributed by atoms with E-state index < -0.39 is 4.92 Å². The fourth-order valence-electron chi connectivity index (χ4n) is 3.14. The number of hydrogen-bond donors (Lipinski definition) is 0. The van der Waals surface area contributed by atoms with Crippen molar-refractivity contribution in [1.29, 1.82) is 0 Å². The number of thiazole rings is 1. The van der Waals surface area contributed by atoms with Crippen molar-refractivity contribution in [2.24, 2.45) is 0 Å². The maximum atomic E-state index is 12.6. The van der Waals surface area contributed by atoms with Gasteiger partial charge in [0.2, 0.25) is 5.91 Å². The number of nitro groups is 1. The minimum atomic E-state index is -0.467. The SMILES string of the molecule is O=C(Cc1csc(-c2cccnc2)n1)N1CCN(c2ccc([N+](=O)[O-])cn2)CC1. The van der Waals surface area contributed by atoms with Gasteiger partial charge in [-0.15, -0.1) is 11.3 Å². The van der Waals surface area contributed by atoms with Crippen LogP contribution in [-0.2, 0) is 11.2 Å². The molecule has 1 aliphatic heterocycles. The van der Waals surface area contributed by atoms with Crippen LogP contribution < -0.4 is 4.90 Å². The van der Waals surface area contributed by atoms with Gasteiger partial charge in [-0.05, 0) is 18.2 Å². The Labute approximate surface area is 170 Å². The summed E-state index contributed by atoms with van der Waals surface area (Å²) in [4.78, 5) is 39.6. The van der Waals surface area contributed by atoms with Crippen molar-refractivity contribution in [3.63, 3.8) is 0 Å². The number of pyridine rings is 2. The molecule has 0 aromatic carbocycles. The maximum Gasteiger partial charge on any atom is 0.287 e. The van der Waals surface area contributed by atoms with E-state index in [1.54, 1.807) is 18.5 Å². The Morgan fingerprint density at radius 3 is 2.66 bits per heavy atom. The molecule has 0 aliphatic carbocycles. The van der Waals surface area contributed by atoms with Crippen molar-refractivity contribution in [3.8, 4) is 10.6 Å². The van der Waals surface area contributed by atoms with E-state index in [9.17, 15) is 14.9 Å². The van der Waals surface area contributed by atoms with Gasteiger partial charge in [-0.1, -0.05) is 0 Å². The Kier molecular flexibility index (Phi) is 5.43. The van der Waals surface area contributed by atoms with Gasteiger partial charge in [0.25, 0.3) is 5.69 Å². The highest BCUT2D eigenvalue weighted by Crippen LogP contribution is 2.23. The fraction of sp³-hybridized carbons (Fsp3) is 0.263. The highest BCUT2D eigenvalue weighted by atomic mass is 32.1. The fourth-order valence-corrected chi connectivity index (χ4v) is 3.95. The first kappa shape index (κ1) is 18.9. The molecular weight excluding hydrogens is 392 g/mol. The van der Waals surface area contributed by atoms with Gasteiger partial charge in [0.15, 0.2) is 0 Å². The van der Waals surface area contributed by atoms with E-state index in [1.165, 1.54) is 23.6 Å². The molecule has 0 bridgehead atoms. The third-order valence-corrected chi connectivity index (χ3v) is 5.63. The second-order valence-electron chi connectivity index (χ2n) is 6.56. The topological polar surface area (TPSA) is 105 Å². The smallest absolute Gasteiger partial charge is 0.287 e. The van der Waals surface area contributed by atoms with Crippen molar-refractivity contribution in [2.75, 3.05) is 31.1 Å². The lowest BCUT2D eigenvalue weighted by molar-refractivity contribution is -0.385. The number of piperazine rings is 1. The molecule has 3 aromatic heterocycles. The van der Waals surface area contributed by atoms with E-state index in [4.69, 9.17) is 0 Å². The van der Waals surface area contributed by atoms with Gasteiger partial charge in [0.1, 0.15) is 17.0 Å². The van der Waals surface area contributed by atoms with E-state index >= 15 is 0 Å². The molecule has 1 fully saturated rings. The van der Waals surface area contributed by atoms with Crippen LogP contribution in [0.3, 0.4) is 0 Å². The molecule has 3 aromatic rings. The molecule has 0 radical (unpaired) electrons. The monoisotopic (exact) mass is 410 g/mol. The van der Waals surface area contributed by atoms with Crippen LogP contribution in [0.1, 0.15) is 5.69 Å². The predicted octanol–water partition coefficient (Wildman–Crippen LogP) is 2.40. The largest absolute Gasteiger partial charge is 0.353 e. The Bertz CT molecular complexity index is 1000. The lowest BCUT2D eigenvalue weighted by atomic mass is 10.2. The third-order valence-electron chi connectivity index (χ3n) is 4.69. The van der Waals surface area contributed by atoms with Crippen molar-refractivity contribution in [1.82, 2.24) is 19.9 Å². The zero-order chi connectivity index (χ0) is 20.2. The van der Waals surface area contributed by atoms with Crippen LogP contribution in [0.4, 0.5) is 11.5 Å². The average molecular weight is 410 g/mol. The number of aromatic nitrogens is 3. The molecule has 9 nitrogen and oxygen atoms in total. The van der Waals surface area contributed by atoms with Crippen molar-refractivity contribution >= 4 is 28.7 Å². The van der Waals surface area contributed by atoms with Gasteiger partial charge in [-0.2, -0.15) is 0 Å². The number of anilines is 1. The minimum absolute atomic E-state index is 0.0310. The molecule has 1 aliphatic rings. The van der Waals surface area contributed by atoms with Crippen LogP contribution >= 0.6 is 11.3 Å². The second-order valence-corrected chi connectivity index (χ2v) is 7.42. The molecule has 0 N–H and O–H groups in total. The Morgan fingerprint density at radius 2 is 2.00 bits per heavy atom. The summed E-state index contributed by atoms with van der Waals surface area (Å²) >= 11 is 1.51. The molecule has 0 unspecified atom stereocenters. The van der Waals surface area contributed by atoms with E-state index in [2.05, 4.69) is 15.0 Å². The second kappa shape index (κ2) is 8.31. The number of rotatable bonds is 5. The van der Waals surface area contributed by atoms with Crippen LogP contribution in [0.5, 0.6) is 0 Å². The summed E-state index contributed by atoms with van der Waals surface area (Å²) in [7, 11) is 0. The summed E-state index contributed by atoms with van der Waals surface area (Å²) in [6.45, 7) is 2.43. The highest BCUT2D eigenvalue weighted by molar-refractivity contribution is 7.13. The normalized spacial score (nSPS) is 14.1. The lowest BCUT2D eigenvalue weighted by Crippen LogP contribution is -2.49. The van der Waals surface area contributed by atoms with Crippen LogP contribution in [0, 0.1) is 10.1 Å². The quantitative estimate of drug-likeness (QED) is 0.470. The summed E-state index contributed by atoms with van der Waals surface area (Å²) in [6, 6.07) is 6.90. The number of carbonyl (C=O) groups excluding carboxylic acids is 1. The number of carbonyl (C=O) groups is 1. The van der Waals surface area contributed by atoms with Crippen molar-refractivity contribution in [2.45, 2.75) is 6.42 Å². The van der Waals surface area contributed by atoms with E-state index in [1.807, 2.05) is 27.3 Å². The zero-order valence-electron chi connectivity index (χ0n) is 15.5. The third kappa shape index (κ3) is 4.37. The standard InChI is InChI=1S/C19H18N6O3S/c26-18(10-15-13-29-19(22-15)14-2-1-5-20-11-14)24-8-6-23(7-9-24)17-4-3-16(12-21-17)25(27)28/h1-5,11-13H,6-10H2. The van der Waals surface area contributed by atoms with Crippen LogP contribution in [-0.4, -0.2) is 56.9 Å². The van der Waals surface area contributed by atoms with Gasteiger partial charge in [-0.25, -0.2) is 9.97 Å². The molecule has 0 saturated carbocycles. The molecule has 0 spiro atoms. The summed E-state index contributed by atoms with van der Waals surface area (Å²) in [5, 5.41) is 13.5. The molecule has 10 heteroatoms. The van der Waals surface area contributed by atoms with Gasteiger partial charge < -0.3 is 9.80 Å². The molecule has 0 atom stereocenters. The molecule has 4 heterocycles. The summed E-state index contributed by atoms with van der Waals surface area (Å²) in [5.41, 5.74) is 1.68. The van der Waals surface area contributed by atoms with Crippen molar-refractivity contribution in [3.05, 3.63) is 64.0 Å². The molecule has 148 valence electrons. The average Bonchev–Trinajstić information content (AvgIpc) is 3.23. The van der Waals surface area contributed by atoms with Gasteiger partial charge in [0, 0.05) is 55.6 Å². The van der Waals surface area contributed by atoms with Gasteiger partial charge in [0.05, 0.1) is 17.0 Å². The summed E-state index contributed by atoms with van der Waals surface area (Å²) in [6.07, 6.45) is 5.00. The predicted molar refractivity (Wildman–Crippen MR) is 109 cm³/mol. The Balaban J connectivity index is 1.32. The minimum Gasteiger partial charge on any atom is -0.353 e. The first-order chi connectivity index (χ1) is 14.1. The first-order valence-corrected chi connectivity index (χ1v) is 9.96.